The molecule has 0 aromatic heterocycles. The minimum absolute atomic E-state index is 0.130. The lowest BCUT2D eigenvalue weighted by atomic mass is 10.1. The minimum atomic E-state index is -0.554. The van der Waals surface area contributed by atoms with Gasteiger partial charge in [-0.05, 0) is 18.2 Å². The molecule has 9 nitrogen and oxygen atoms in total. The number of nitrogens with one attached hydrogen (secondary N) is 2. The summed E-state index contributed by atoms with van der Waals surface area (Å²) in [6, 6.07) is 8.99. The van der Waals surface area contributed by atoms with Crippen LogP contribution in [0.3, 0.4) is 0 Å². The molecule has 0 bridgehead atoms. The molecule has 0 saturated carbocycles. The van der Waals surface area contributed by atoms with E-state index in [2.05, 4.69) is 10.6 Å². The van der Waals surface area contributed by atoms with Crippen LogP contribution in [-0.4, -0.2) is 45.3 Å². The topological polar surface area (TPSA) is 112 Å². The third-order valence-electron chi connectivity index (χ3n) is 3.74. The van der Waals surface area contributed by atoms with E-state index in [0.717, 1.165) is 0 Å². The van der Waals surface area contributed by atoms with Crippen molar-refractivity contribution in [3.63, 3.8) is 0 Å². The highest BCUT2D eigenvalue weighted by molar-refractivity contribution is 6.09. The smallest absolute Gasteiger partial charge is 0.270 e. The predicted molar refractivity (Wildman–Crippen MR) is 101 cm³/mol. The zero-order chi connectivity index (χ0) is 19.8. The fraction of sp³-hybridized carbons (Fsp3) is 0.278. The van der Waals surface area contributed by atoms with E-state index >= 15 is 0 Å². The van der Waals surface area contributed by atoms with Crippen molar-refractivity contribution in [2.24, 2.45) is 0 Å². The van der Waals surface area contributed by atoms with E-state index < -0.39 is 10.8 Å². The molecule has 2 rings (SSSR count). The molecule has 9 heteroatoms. The summed E-state index contributed by atoms with van der Waals surface area (Å²) in [5.41, 5.74) is 0.786. The van der Waals surface area contributed by atoms with Gasteiger partial charge in [0.2, 0.25) is 0 Å². The van der Waals surface area contributed by atoms with E-state index in [4.69, 9.17) is 14.2 Å². The zero-order valence-corrected chi connectivity index (χ0v) is 15.3. The number of benzene rings is 2. The molecule has 2 aromatic carbocycles. The number of hydrogen-bond donors (Lipinski definition) is 2. The number of anilines is 2. The van der Waals surface area contributed by atoms with Crippen LogP contribution in [0.25, 0.3) is 0 Å². The van der Waals surface area contributed by atoms with E-state index in [1.165, 1.54) is 32.4 Å². The second kappa shape index (κ2) is 9.39. The Morgan fingerprint density at radius 1 is 1.07 bits per heavy atom. The van der Waals surface area contributed by atoms with Crippen molar-refractivity contribution in [2.45, 2.75) is 0 Å². The quantitative estimate of drug-likeness (QED) is 0.394. The molecule has 1 amide bonds. The average Bonchev–Trinajstić information content (AvgIpc) is 2.68. The van der Waals surface area contributed by atoms with Crippen molar-refractivity contribution >= 4 is 23.0 Å². The van der Waals surface area contributed by atoms with Crippen LogP contribution in [0.15, 0.2) is 36.4 Å². The van der Waals surface area contributed by atoms with Crippen LogP contribution in [-0.2, 0) is 4.74 Å². The summed E-state index contributed by atoms with van der Waals surface area (Å²) >= 11 is 0. The first-order chi connectivity index (χ1) is 13.0. The first-order valence-electron chi connectivity index (χ1n) is 8.04. The van der Waals surface area contributed by atoms with Crippen molar-refractivity contribution in [3.05, 3.63) is 52.1 Å². The number of methoxy groups -OCH3 is 3. The second-order valence-corrected chi connectivity index (χ2v) is 5.43. The zero-order valence-electron chi connectivity index (χ0n) is 15.3. The first-order valence-corrected chi connectivity index (χ1v) is 8.04. The van der Waals surface area contributed by atoms with Crippen molar-refractivity contribution in [3.8, 4) is 11.5 Å². The number of rotatable bonds is 9. The van der Waals surface area contributed by atoms with Crippen molar-refractivity contribution < 1.29 is 23.9 Å². The van der Waals surface area contributed by atoms with Crippen molar-refractivity contribution in [1.29, 1.82) is 0 Å². The Labute approximate surface area is 156 Å². The molecule has 0 fully saturated rings. The minimum Gasteiger partial charge on any atom is -0.497 e. The van der Waals surface area contributed by atoms with Gasteiger partial charge in [0.25, 0.3) is 11.6 Å². The number of ether oxygens (including phenoxy) is 3. The summed E-state index contributed by atoms with van der Waals surface area (Å²) in [6.45, 7) is 0.860. The number of non-ortho nitro benzene ring substituents is 1. The number of nitro groups is 1. The Balaban J connectivity index is 2.35. The number of nitrogens with zero attached hydrogens (tertiary/aromatic N) is 1. The van der Waals surface area contributed by atoms with Gasteiger partial charge in [-0.1, -0.05) is 0 Å². The lowest BCUT2D eigenvalue weighted by Gasteiger charge is -2.14. The normalized spacial score (nSPS) is 10.2. The first kappa shape index (κ1) is 20.0. The van der Waals surface area contributed by atoms with Crippen LogP contribution in [0.5, 0.6) is 11.5 Å². The summed E-state index contributed by atoms with van der Waals surface area (Å²) < 4.78 is 15.4. The molecule has 0 spiro atoms. The maximum Gasteiger partial charge on any atom is 0.270 e. The Morgan fingerprint density at radius 3 is 2.48 bits per heavy atom. The van der Waals surface area contributed by atoms with Crippen LogP contribution >= 0.6 is 0 Å². The molecule has 144 valence electrons. The molecule has 2 aromatic rings. The standard InChI is InChI=1S/C18H21N3O6/c1-25-9-8-19-15-6-4-12(21(23)24)10-14(15)18(22)20-16-11-13(26-2)5-7-17(16)27-3/h4-7,10-11,19H,8-9H2,1-3H3,(H,20,22). The molecule has 0 radical (unpaired) electrons. The third-order valence-corrected chi connectivity index (χ3v) is 3.74. The molecule has 0 heterocycles. The summed E-state index contributed by atoms with van der Waals surface area (Å²) in [4.78, 5) is 23.3. The van der Waals surface area contributed by atoms with Gasteiger partial charge in [0.1, 0.15) is 11.5 Å². The largest absolute Gasteiger partial charge is 0.497 e. The fourth-order valence-corrected chi connectivity index (χ4v) is 2.38. The van der Waals surface area contributed by atoms with Gasteiger partial charge in [0.05, 0.1) is 37.0 Å². The molecule has 0 aliphatic heterocycles. The van der Waals surface area contributed by atoms with Crippen LogP contribution in [0.4, 0.5) is 17.1 Å². The van der Waals surface area contributed by atoms with Crippen LogP contribution < -0.4 is 20.1 Å². The molecule has 0 aliphatic rings. The van der Waals surface area contributed by atoms with Gasteiger partial charge in [0, 0.05) is 37.5 Å². The van der Waals surface area contributed by atoms with Crippen LogP contribution in [0.2, 0.25) is 0 Å². The molecule has 0 aliphatic carbocycles. The fourth-order valence-electron chi connectivity index (χ4n) is 2.38. The predicted octanol–water partition coefficient (Wildman–Crippen LogP) is 2.92. The van der Waals surface area contributed by atoms with Gasteiger partial charge in [-0.3, -0.25) is 14.9 Å². The third kappa shape index (κ3) is 5.08. The molecular formula is C18H21N3O6. The van der Waals surface area contributed by atoms with Gasteiger partial charge in [0.15, 0.2) is 0 Å². The summed E-state index contributed by atoms with van der Waals surface area (Å²) in [5, 5.41) is 16.8. The Kier molecular flexibility index (Phi) is 6.95. The van der Waals surface area contributed by atoms with E-state index in [0.29, 0.717) is 36.0 Å². The molecule has 0 atom stereocenters. The molecule has 27 heavy (non-hydrogen) atoms. The molecule has 2 N–H and O–H groups in total. The Bertz CT molecular complexity index is 825. The number of amides is 1. The van der Waals surface area contributed by atoms with Gasteiger partial charge >= 0.3 is 0 Å². The lowest BCUT2D eigenvalue weighted by Crippen LogP contribution is -2.17. The highest BCUT2D eigenvalue weighted by Gasteiger charge is 2.18. The lowest BCUT2D eigenvalue weighted by molar-refractivity contribution is -0.384. The van der Waals surface area contributed by atoms with E-state index in [-0.39, 0.29) is 11.3 Å². The van der Waals surface area contributed by atoms with E-state index in [1.807, 2.05) is 0 Å². The van der Waals surface area contributed by atoms with Gasteiger partial charge in [-0.2, -0.15) is 0 Å². The summed E-state index contributed by atoms with van der Waals surface area (Å²) in [6.07, 6.45) is 0. The Hall–Kier alpha value is -3.33. The van der Waals surface area contributed by atoms with Gasteiger partial charge in [-0.25, -0.2) is 0 Å². The van der Waals surface area contributed by atoms with E-state index in [1.54, 1.807) is 25.3 Å². The van der Waals surface area contributed by atoms with E-state index in [9.17, 15) is 14.9 Å². The second-order valence-electron chi connectivity index (χ2n) is 5.43. The van der Waals surface area contributed by atoms with Crippen LogP contribution in [0, 0.1) is 10.1 Å². The molecule has 0 saturated heterocycles. The number of carbonyl (C=O) groups excluding carboxylic acids is 1. The SMILES string of the molecule is COCCNc1ccc([N+](=O)[O-])cc1C(=O)Nc1cc(OC)ccc1OC. The number of hydrogen-bond acceptors (Lipinski definition) is 7. The monoisotopic (exact) mass is 375 g/mol. The Morgan fingerprint density at radius 2 is 1.85 bits per heavy atom. The number of carbonyl (C=O) groups is 1. The van der Waals surface area contributed by atoms with Gasteiger partial charge in [-0.15, -0.1) is 0 Å². The molecule has 0 unspecified atom stereocenters. The molecular weight excluding hydrogens is 354 g/mol. The average molecular weight is 375 g/mol. The number of nitro benzene ring substituents is 1. The summed E-state index contributed by atoms with van der Waals surface area (Å²) in [7, 11) is 4.54. The highest BCUT2D eigenvalue weighted by atomic mass is 16.6. The van der Waals surface area contributed by atoms with Crippen molar-refractivity contribution in [2.75, 3.05) is 45.1 Å². The highest BCUT2D eigenvalue weighted by Crippen LogP contribution is 2.30. The maximum atomic E-state index is 12.8. The van der Waals surface area contributed by atoms with Crippen LogP contribution in [0.1, 0.15) is 10.4 Å². The summed E-state index contributed by atoms with van der Waals surface area (Å²) in [5.74, 6) is 0.442. The van der Waals surface area contributed by atoms with Crippen molar-refractivity contribution in [1.82, 2.24) is 0 Å². The van der Waals surface area contributed by atoms with Gasteiger partial charge < -0.3 is 24.8 Å². The maximum absolute atomic E-state index is 12.8.